The van der Waals surface area contributed by atoms with Crippen molar-refractivity contribution in [3.63, 3.8) is 0 Å². The summed E-state index contributed by atoms with van der Waals surface area (Å²) >= 11 is 0. The van der Waals surface area contributed by atoms with Crippen molar-refractivity contribution in [1.82, 2.24) is 0 Å². The number of ether oxygens (including phenoxy) is 1. The van der Waals surface area contributed by atoms with E-state index >= 15 is 0 Å². The van der Waals surface area contributed by atoms with Gasteiger partial charge in [0, 0.05) is 6.92 Å². The van der Waals surface area contributed by atoms with Crippen LogP contribution in [0.15, 0.2) is 29.8 Å². The fourth-order valence-electron chi connectivity index (χ4n) is 1.30. The first-order valence-electron chi connectivity index (χ1n) is 4.95. The highest BCUT2D eigenvalue weighted by molar-refractivity contribution is 5.66. The van der Waals surface area contributed by atoms with E-state index in [-0.39, 0.29) is 5.97 Å². The Morgan fingerprint density at radius 3 is 2.73 bits per heavy atom. The molecule has 0 aliphatic carbocycles. The van der Waals surface area contributed by atoms with Crippen LogP contribution in [0, 0.1) is 6.92 Å². The van der Waals surface area contributed by atoms with Crippen molar-refractivity contribution in [3.05, 3.63) is 41.0 Å². The molecule has 0 saturated carbocycles. The number of benzene rings is 1. The van der Waals surface area contributed by atoms with Gasteiger partial charge >= 0.3 is 5.97 Å². The summed E-state index contributed by atoms with van der Waals surface area (Å²) in [5, 5.41) is 0. The van der Waals surface area contributed by atoms with Crippen LogP contribution in [0.4, 0.5) is 0 Å². The molecule has 0 N–H and O–H groups in total. The molecule has 0 heterocycles. The molecule has 0 aliphatic heterocycles. The van der Waals surface area contributed by atoms with Gasteiger partial charge in [-0.3, -0.25) is 4.79 Å². The second kappa shape index (κ2) is 5.35. The van der Waals surface area contributed by atoms with Crippen molar-refractivity contribution >= 4 is 12.0 Å². The molecule has 1 aromatic rings. The fourth-order valence-corrected chi connectivity index (χ4v) is 1.30. The van der Waals surface area contributed by atoms with Crippen LogP contribution in [0.5, 0.6) is 0 Å². The Morgan fingerprint density at radius 1 is 1.40 bits per heavy atom. The third-order valence-corrected chi connectivity index (χ3v) is 1.96. The van der Waals surface area contributed by atoms with Gasteiger partial charge in [-0.25, -0.2) is 0 Å². The van der Waals surface area contributed by atoms with Crippen LogP contribution in [0.25, 0.3) is 6.08 Å². The van der Waals surface area contributed by atoms with Gasteiger partial charge < -0.3 is 4.74 Å². The number of hydrogen-bond acceptors (Lipinski definition) is 2. The Kier molecular flexibility index (Phi) is 4.10. The molecule has 0 amide bonds. The summed E-state index contributed by atoms with van der Waals surface area (Å²) in [6.07, 6.45) is 2.02. The summed E-state index contributed by atoms with van der Waals surface area (Å²) < 4.78 is 4.90. The van der Waals surface area contributed by atoms with Gasteiger partial charge in [-0.1, -0.05) is 35.9 Å². The summed E-state index contributed by atoms with van der Waals surface area (Å²) in [6, 6.07) is 8.19. The normalized spacial score (nSPS) is 11.3. The molecule has 0 atom stereocenters. The maximum Gasteiger partial charge on any atom is 0.302 e. The number of esters is 1. The Morgan fingerprint density at radius 2 is 2.13 bits per heavy atom. The molecule has 80 valence electrons. The molecule has 0 spiro atoms. The minimum absolute atomic E-state index is 0.244. The van der Waals surface area contributed by atoms with Gasteiger partial charge in [0.05, 0.1) is 0 Å². The average Bonchev–Trinajstić information content (AvgIpc) is 2.15. The minimum Gasteiger partial charge on any atom is -0.461 e. The number of aryl methyl sites for hydroxylation is 1. The lowest BCUT2D eigenvalue weighted by molar-refractivity contribution is -0.139. The van der Waals surface area contributed by atoms with Crippen molar-refractivity contribution in [3.8, 4) is 0 Å². The van der Waals surface area contributed by atoms with E-state index in [1.54, 1.807) is 0 Å². The van der Waals surface area contributed by atoms with Crippen molar-refractivity contribution in [1.29, 1.82) is 0 Å². The lowest BCUT2D eigenvalue weighted by Crippen LogP contribution is -2.01. The lowest BCUT2D eigenvalue weighted by atomic mass is 10.1. The standard InChI is InChI=1S/C13H16O2/c1-10-5-4-6-13(7-10)8-11(2)9-15-12(3)14/h4-8H,9H2,1-3H3/b11-8+. The van der Waals surface area contributed by atoms with Crippen molar-refractivity contribution < 1.29 is 9.53 Å². The Bertz CT molecular complexity index is 378. The zero-order valence-corrected chi connectivity index (χ0v) is 9.41. The molecule has 2 heteroatoms. The van der Waals surface area contributed by atoms with Crippen LogP contribution in [0.3, 0.4) is 0 Å². The second-order valence-electron chi connectivity index (χ2n) is 3.69. The molecule has 0 aromatic heterocycles. The lowest BCUT2D eigenvalue weighted by Gasteiger charge is -2.02. The monoisotopic (exact) mass is 204 g/mol. The highest BCUT2D eigenvalue weighted by atomic mass is 16.5. The molecule has 0 aliphatic rings. The summed E-state index contributed by atoms with van der Waals surface area (Å²) in [6.45, 7) is 5.78. The maximum absolute atomic E-state index is 10.6. The largest absolute Gasteiger partial charge is 0.461 e. The molecule has 0 unspecified atom stereocenters. The summed E-state index contributed by atoms with van der Waals surface area (Å²) in [5.41, 5.74) is 3.40. The third kappa shape index (κ3) is 4.45. The van der Waals surface area contributed by atoms with Gasteiger partial charge in [0.15, 0.2) is 0 Å². The molecule has 15 heavy (non-hydrogen) atoms. The van der Waals surface area contributed by atoms with E-state index in [2.05, 4.69) is 19.1 Å². The van der Waals surface area contributed by atoms with Crippen LogP contribution < -0.4 is 0 Å². The summed E-state index contributed by atoms with van der Waals surface area (Å²) in [5.74, 6) is -0.244. The fraction of sp³-hybridized carbons (Fsp3) is 0.308. The van der Waals surface area contributed by atoms with E-state index < -0.39 is 0 Å². The van der Waals surface area contributed by atoms with E-state index in [9.17, 15) is 4.79 Å². The average molecular weight is 204 g/mol. The Hall–Kier alpha value is -1.57. The van der Waals surface area contributed by atoms with Crippen LogP contribution in [0.2, 0.25) is 0 Å². The first kappa shape index (κ1) is 11.5. The highest BCUT2D eigenvalue weighted by Gasteiger charge is 1.95. The van der Waals surface area contributed by atoms with Gasteiger partial charge in [-0.2, -0.15) is 0 Å². The number of hydrogen-bond donors (Lipinski definition) is 0. The molecule has 0 saturated heterocycles. The van der Waals surface area contributed by atoms with Crippen LogP contribution >= 0.6 is 0 Å². The molecule has 0 bridgehead atoms. The van der Waals surface area contributed by atoms with Gasteiger partial charge in [0.2, 0.25) is 0 Å². The first-order chi connectivity index (χ1) is 7.08. The quantitative estimate of drug-likeness (QED) is 0.707. The minimum atomic E-state index is -0.244. The van der Waals surface area contributed by atoms with Gasteiger partial charge in [-0.05, 0) is 25.0 Å². The van der Waals surface area contributed by atoms with Gasteiger partial charge in [0.1, 0.15) is 6.61 Å². The van der Waals surface area contributed by atoms with Gasteiger partial charge in [-0.15, -0.1) is 0 Å². The number of carbonyl (C=O) groups excluding carboxylic acids is 1. The Labute approximate surface area is 90.6 Å². The van der Waals surface area contributed by atoms with E-state index in [1.165, 1.54) is 12.5 Å². The number of carbonyl (C=O) groups is 1. The molecule has 2 nitrogen and oxygen atoms in total. The van der Waals surface area contributed by atoms with Crippen LogP contribution in [0.1, 0.15) is 25.0 Å². The van der Waals surface area contributed by atoms with Gasteiger partial charge in [0.25, 0.3) is 0 Å². The third-order valence-electron chi connectivity index (χ3n) is 1.96. The highest BCUT2D eigenvalue weighted by Crippen LogP contribution is 2.09. The summed E-state index contributed by atoms with van der Waals surface area (Å²) in [4.78, 5) is 10.6. The van der Waals surface area contributed by atoms with E-state index in [1.807, 2.05) is 25.1 Å². The van der Waals surface area contributed by atoms with E-state index in [4.69, 9.17) is 4.74 Å². The molecular formula is C13H16O2. The van der Waals surface area contributed by atoms with Crippen LogP contribution in [-0.4, -0.2) is 12.6 Å². The molecule has 0 fully saturated rings. The second-order valence-corrected chi connectivity index (χ2v) is 3.69. The topological polar surface area (TPSA) is 26.3 Å². The summed E-state index contributed by atoms with van der Waals surface area (Å²) in [7, 11) is 0. The molecular weight excluding hydrogens is 188 g/mol. The van der Waals surface area contributed by atoms with Crippen molar-refractivity contribution in [2.75, 3.05) is 6.61 Å². The van der Waals surface area contributed by atoms with Crippen LogP contribution in [-0.2, 0) is 9.53 Å². The molecule has 0 radical (unpaired) electrons. The van der Waals surface area contributed by atoms with E-state index in [0.29, 0.717) is 6.61 Å². The smallest absolute Gasteiger partial charge is 0.302 e. The molecule has 1 aromatic carbocycles. The molecule has 1 rings (SSSR count). The van der Waals surface area contributed by atoms with Crippen molar-refractivity contribution in [2.45, 2.75) is 20.8 Å². The SMILES string of the molecule is CC(=O)OC/C(C)=C/c1cccc(C)c1. The zero-order chi connectivity index (χ0) is 11.3. The maximum atomic E-state index is 10.6. The predicted octanol–water partition coefficient (Wildman–Crippen LogP) is 2.96. The zero-order valence-electron chi connectivity index (χ0n) is 9.41. The first-order valence-corrected chi connectivity index (χ1v) is 4.95. The number of rotatable bonds is 3. The predicted molar refractivity (Wildman–Crippen MR) is 61.5 cm³/mol. The van der Waals surface area contributed by atoms with E-state index in [0.717, 1.165) is 11.1 Å². The Balaban J connectivity index is 2.65. The van der Waals surface area contributed by atoms with Crippen molar-refractivity contribution in [2.24, 2.45) is 0 Å².